The van der Waals surface area contributed by atoms with E-state index >= 15 is 0 Å². The van der Waals surface area contributed by atoms with Crippen LogP contribution in [0.2, 0.25) is 0 Å². The predicted molar refractivity (Wildman–Crippen MR) is 163 cm³/mol. The molecule has 0 radical (unpaired) electrons. The van der Waals surface area contributed by atoms with Gasteiger partial charge in [-0.05, 0) is 60.6 Å². The average molecular weight is 759 g/mol. The van der Waals surface area contributed by atoms with Gasteiger partial charge < -0.3 is 9.90 Å². The monoisotopic (exact) mass is 759 g/mol. The Morgan fingerprint density at radius 3 is 1.48 bits per heavy atom. The summed E-state index contributed by atoms with van der Waals surface area (Å²) in [6.45, 7) is 8.16. The summed E-state index contributed by atoms with van der Waals surface area (Å²) in [5.74, 6) is -1.24. The number of carboxylic acids is 1. The number of carbonyl (C=O) groups is 1. The van der Waals surface area contributed by atoms with Gasteiger partial charge in [0.05, 0.1) is 11.7 Å². The van der Waals surface area contributed by atoms with E-state index in [1.807, 2.05) is 100 Å². The number of aromatic nitrogens is 7. The van der Waals surface area contributed by atoms with Crippen LogP contribution in [0.25, 0.3) is 33.4 Å². The van der Waals surface area contributed by atoms with Crippen LogP contribution in [0.3, 0.4) is 0 Å². The largest absolute Gasteiger partial charge is 3.00 e. The molecule has 0 atom stereocenters. The number of fused-ring (bicyclic) bond motifs is 2. The Labute approximate surface area is 268 Å². The summed E-state index contributed by atoms with van der Waals surface area (Å²) in [7, 11) is 0. The number of benzene rings is 4. The number of aromatic carboxylic acids is 1. The first-order valence-corrected chi connectivity index (χ1v) is 13.5. The maximum atomic E-state index is 10.0. The normalized spacial score (nSPS) is 10.3. The molecule has 0 aliphatic carbocycles. The number of carbonyl (C=O) groups excluding carboxylic acids is 1. The molecule has 3 aromatic heterocycles. The van der Waals surface area contributed by atoms with Gasteiger partial charge in [0.15, 0.2) is 0 Å². The zero-order valence-corrected chi connectivity index (χ0v) is 26.9. The molecule has 7 aromatic rings. The van der Waals surface area contributed by atoms with Gasteiger partial charge in [0.25, 0.3) is 0 Å². The molecule has 0 aliphatic rings. The average Bonchev–Trinajstić information content (AvgIpc) is 3.66. The SMILES string of the molecule is Cc1c[c-]c(-n2nc3cccc(C)c3n2)cc1.Cc1c[c-]c(-n2nc3cccc(C)c3n2)cc1.O=C([O-])c1ccccn1.[Ir+3]. The van der Waals surface area contributed by atoms with Crippen LogP contribution in [-0.2, 0) is 20.1 Å². The third-order valence-corrected chi connectivity index (χ3v) is 6.44. The number of rotatable bonds is 3. The number of nitrogens with zero attached hydrogens (tertiary/aromatic N) is 7. The molecule has 0 N–H and O–H groups in total. The Balaban J connectivity index is 0.000000156. The summed E-state index contributed by atoms with van der Waals surface area (Å²) in [6, 6.07) is 34.9. The Morgan fingerprint density at radius 1 is 0.636 bits per heavy atom. The van der Waals surface area contributed by atoms with Crippen LogP contribution < -0.4 is 5.11 Å². The van der Waals surface area contributed by atoms with Crippen molar-refractivity contribution in [1.29, 1.82) is 0 Å². The van der Waals surface area contributed by atoms with Crippen molar-refractivity contribution in [2.75, 3.05) is 0 Å². The molecule has 0 fully saturated rings. The molecule has 7 rings (SSSR count). The summed E-state index contributed by atoms with van der Waals surface area (Å²) < 4.78 is 0. The number of hydrogen-bond donors (Lipinski definition) is 0. The molecule has 0 saturated heterocycles. The zero-order chi connectivity index (χ0) is 30.3. The van der Waals surface area contributed by atoms with Gasteiger partial charge in [0, 0.05) is 6.20 Å². The Kier molecular flexibility index (Phi) is 10.4. The smallest absolute Gasteiger partial charge is 0.543 e. The van der Waals surface area contributed by atoms with Crippen molar-refractivity contribution in [2.45, 2.75) is 27.7 Å². The van der Waals surface area contributed by atoms with Crippen molar-refractivity contribution >= 4 is 28.0 Å². The van der Waals surface area contributed by atoms with E-state index in [9.17, 15) is 9.90 Å². The van der Waals surface area contributed by atoms with Crippen molar-refractivity contribution in [2.24, 2.45) is 0 Å². The van der Waals surface area contributed by atoms with Crippen molar-refractivity contribution in [3.63, 3.8) is 0 Å². The van der Waals surface area contributed by atoms with E-state index in [1.54, 1.807) is 21.7 Å². The molecule has 3 heterocycles. The molecule has 0 amide bonds. The minimum absolute atomic E-state index is 0. The number of hydrogen-bond acceptors (Lipinski definition) is 7. The predicted octanol–water partition coefficient (Wildman–Crippen LogP) is 5.12. The van der Waals surface area contributed by atoms with Gasteiger partial charge in [-0.25, -0.2) is 0 Å². The topological polar surface area (TPSA) is 114 Å². The quantitative estimate of drug-likeness (QED) is 0.230. The third-order valence-electron chi connectivity index (χ3n) is 6.44. The summed E-state index contributed by atoms with van der Waals surface area (Å²) in [5, 5.41) is 27.9. The van der Waals surface area contributed by atoms with Gasteiger partial charge in [-0.15, -0.1) is 12.1 Å². The molecular weight excluding hydrogens is 731 g/mol. The van der Waals surface area contributed by atoms with Gasteiger partial charge in [-0.2, -0.15) is 77.5 Å². The molecule has 4 aromatic carbocycles. The van der Waals surface area contributed by atoms with Crippen LogP contribution in [0.1, 0.15) is 32.7 Å². The van der Waals surface area contributed by atoms with Gasteiger partial charge >= 0.3 is 20.1 Å². The maximum absolute atomic E-state index is 10.0. The van der Waals surface area contributed by atoms with Crippen LogP contribution in [0.5, 0.6) is 0 Å². The molecule has 10 heteroatoms. The van der Waals surface area contributed by atoms with Gasteiger partial charge in [0.2, 0.25) is 0 Å². The summed E-state index contributed by atoms with van der Waals surface area (Å²) in [4.78, 5) is 16.8. The van der Waals surface area contributed by atoms with E-state index in [0.717, 1.165) is 44.6 Å². The van der Waals surface area contributed by atoms with Gasteiger partial charge in [-0.1, -0.05) is 44.2 Å². The second kappa shape index (κ2) is 14.4. The Morgan fingerprint density at radius 2 is 1.14 bits per heavy atom. The van der Waals surface area contributed by atoms with Crippen molar-refractivity contribution < 1.29 is 30.0 Å². The standard InChI is InChI=1S/2C14H12N3.C6H5NO2.Ir/c2*1-10-6-8-12(9-7-10)17-15-13-5-3-4-11(2)14(13)16-17;8-6(9)5-3-1-2-4-7-5;/h2*3-8H,1-2H3;1-4H,(H,8,9);/q2*-1;;+3/p-1. The van der Waals surface area contributed by atoms with Crippen LogP contribution in [0, 0.1) is 39.8 Å². The van der Waals surface area contributed by atoms with Gasteiger partial charge in [0.1, 0.15) is 22.1 Å². The molecule has 9 nitrogen and oxygen atoms in total. The third kappa shape index (κ3) is 7.66. The molecular formula is C34H28IrN7O2. The summed E-state index contributed by atoms with van der Waals surface area (Å²) >= 11 is 0. The van der Waals surface area contributed by atoms with E-state index in [2.05, 4.69) is 37.5 Å². The zero-order valence-electron chi connectivity index (χ0n) is 24.5. The van der Waals surface area contributed by atoms with E-state index in [-0.39, 0.29) is 25.8 Å². The minimum Gasteiger partial charge on any atom is -0.543 e. The van der Waals surface area contributed by atoms with E-state index in [4.69, 9.17) is 0 Å². The van der Waals surface area contributed by atoms with Crippen LogP contribution in [0.4, 0.5) is 0 Å². The van der Waals surface area contributed by atoms with Crippen molar-refractivity contribution in [3.8, 4) is 11.4 Å². The second-order valence-corrected chi connectivity index (χ2v) is 9.87. The van der Waals surface area contributed by atoms with Crippen LogP contribution in [0.15, 0.2) is 97.2 Å². The molecule has 0 bridgehead atoms. The fourth-order valence-electron chi connectivity index (χ4n) is 4.08. The molecule has 0 saturated carbocycles. The first-order valence-electron chi connectivity index (χ1n) is 13.5. The van der Waals surface area contributed by atoms with Crippen LogP contribution in [-0.4, -0.2) is 40.9 Å². The van der Waals surface area contributed by atoms with Gasteiger partial charge in [-0.3, -0.25) is 4.98 Å². The number of aryl methyl sites for hydroxylation is 4. The van der Waals surface area contributed by atoms with Crippen molar-refractivity contribution in [1.82, 2.24) is 35.0 Å². The van der Waals surface area contributed by atoms with E-state index in [0.29, 0.717) is 0 Å². The molecule has 220 valence electrons. The first-order chi connectivity index (χ1) is 20.8. The fourth-order valence-corrected chi connectivity index (χ4v) is 4.08. The maximum Gasteiger partial charge on any atom is 3.00 e. The second-order valence-electron chi connectivity index (χ2n) is 9.87. The molecule has 44 heavy (non-hydrogen) atoms. The molecule has 0 unspecified atom stereocenters. The Hall–Kier alpha value is -5.05. The Bertz CT molecular complexity index is 1860. The van der Waals surface area contributed by atoms with Crippen LogP contribution >= 0.6 is 0 Å². The first kappa shape index (κ1) is 31.9. The number of pyridine rings is 1. The fraction of sp³-hybridized carbons (Fsp3) is 0.118. The minimum atomic E-state index is -1.24. The summed E-state index contributed by atoms with van der Waals surface area (Å²) in [6.07, 6.45) is 1.41. The summed E-state index contributed by atoms with van der Waals surface area (Å²) in [5.41, 5.74) is 10.1. The molecule has 0 aliphatic heterocycles. The van der Waals surface area contributed by atoms with Crippen molar-refractivity contribution in [3.05, 3.63) is 137 Å². The van der Waals surface area contributed by atoms with E-state index in [1.165, 1.54) is 23.4 Å². The van der Waals surface area contributed by atoms with E-state index < -0.39 is 5.97 Å². The number of carboxylic acid groups (broad SMARTS) is 1. The molecule has 0 spiro atoms.